The van der Waals surface area contributed by atoms with E-state index in [2.05, 4.69) is 60.0 Å². The first-order chi connectivity index (χ1) is 8.49. The van der Waals surface area contributed by atoms with Crippen LogP contribution in [0.15, 0.2) is 13.4 Å². The molecule has 1 aromatic carbocycles. The SMILES string of the molecule is CCCCc1c(Br)c(Br)c(Br)c2c1C(=O)NC2=O. The molecule has 2 rings (SSSR count). The highest BCUT2D eigenvalue weighted by molar-refractivity contribution is 9.14. The van der Waals surface area contributed by atoms with Gasteiger partial charge in [0.05, 0.1) is 11.1 Å². The average molecular weight is 440 g/mol. The third kappa shape index (κ3) is 2.18. The molecule has 1 aromatic rings. The molecule has 0 radical (unpaired) electrons. The van der Waals surface area contributed by atoms with Crippen LogP contribution in [0, 0.1) is 0 Å². The van der Waals surface area contributed by atoms with E-state index in [1.807, 2.05) is 0 Å². The predicted molar refractivity (Wildman–Crippen MR) is 80.0 cm³/mol. The van der Waals surface area contributed by atoms with Crippen LogP contribution in [0.2, 0.25) is 0 Å². The van der Waals surface area contributed by atoms with E-state index in [1.54, 1.807) is 0 Å². The lowest BCUT2D eigenvalue weighted by Gasteiger charge is -2.12. The van der Waals surface area contributed by atoms with Gasteiger partial charge in [0, 0.05) is 13.4 Å². The minimum Gasteiger partial charge on any atom is -0.288 e. The Morgan fingerprint density at radius 2 is 1.56 bits per heavy atom. The van der Waals surface area contributed by atoms with Crippen LogP contribution in [-0.2, 0) is 6.42 Å². The van der Waals surface area contributed by atoms with E-state index < -0.39 is 0 Å². The number of hydrogen-bond acceptors (Lipinski definition) is 2. The van der Waals surface area contributed by atoms with Crippen LogP contribution >= 0.6 is 47.8 Å². The lowest BCUT2D eigenvalue weighted by atomic mass is 9.98. The summed E-state index contributed by atoms with van der Waals surface area (Å²) in [5, 5.41) is 2.34. The predicted octanol–water partition coefficient (Wildman–Crippen LogP) is 4.20. The van der Waals surface area contributed by atoms with Gasteiger partial charge in [-0.3, -0.25) is 14.9 Å². The number of imide groups is 1. The quantitative estimate of drug-likeness (QED) is 0.566. The Labute approximate surface area is 130 Å². The Morgan fingerprint density at radius 1 is 0.944 bits per heavy atom. The van der Waals surface area contributed by atoms with Crippen LogP contribution in [-0.4, -0.2) is 11.8 Å². The second-order valence-electron chi connectivity index (χ2n) is 4.06. The van der Waals surface area contributed by atoms with Crippen molar-refractivity contribution < 1.29 is 9.59 Å². The van der Waals surface area contributed by atoms with Gasteiger partial charge in [-0.1, -0.05) is 13.3 Å². The second-order valence-corrected chi connectivity index (χ2v) is 6.44. The molecular weight excluding hydrogens is 430 g/mol. The van der Waals surface area contributed by atoms with Gasteiger partial charge in [0.1, 0.15) is 0 Å². The summed E-state index contributed by atoms with van der Waals surface area (Å²) in [5.41, 5.74) is 1.82. The van der Waals surface area contributed by atoms with Gasteiger partial charge in [-0.2, -0.15) is 0 Å². The Bertz CT molecular complexity index is 555. The van der Waals surface area contributed by atoms with Crippen molar-refractivity contribution in [3.8, 4) is 0 Å². The Morgan fingerprint density at radius 3 is 2.17 bits per heavy atom. The summed E-state index contributed by atoms with van der Waals surface area (Å²) in [6.45, 7) is 2.09. The van der Waals surface area contributed by atoms with Gasteiger partial charge < -0.3 is 0 Å². The molecular formula is C12H10Br3NO2. The molecule has 0 bridgehead atoms. The zero-order chi connectivity index (χ0) is 13.4. The van der Waals surface area contributed by atoms with Gasteiger partial charge in [-0.15, -0.1) is 0 Å². The third-order valence-corrected chi connectivity index (χ3v) is 6.41. The molecule has 1 N–H and O–H groups in total. The molecule has 0 spiro atoms. The van der Waals surface area contributed by atoms with E-state index in [9.17, 15) is 9.59 Å². The van der Waals surface area contributed by atoms with Gasteiger partial charge in [0.15, 0.2) is 0 Å². The molecule has 2 amide bonds. The molecule has 3 nitrogen and oxygen atoms in total. The van der Waals surface area contributed by atoms with Gasteiger partial charge in [-0.25, -0.2) is 0 Å². The van der Waals surface area contributed by atoms with Crippen molar-refractivity contribution in [1.82, 2.24) is 5.32 Å². The van der Waals surface area contributed by atoms with Crippen LogP contribution in [0.5, 0.6) is 0 Å². The van der Waals surface area contributed by atoms with Crippen LogP contribution in [0.3, 0.4) is 0 Å². The fourth-order valence-corrected chi connectivity index (χ4v) is 3.86. The van der Waals surface area contributed by atoms with Gasteiger partial charge in [0.2, 0.25) is 0 Å². The first-order valence-corrected chi connectivity index (χ1v) is 7.91. The molecule has 0 aliphatic carbocycles. The number of carbonyl (C=O) groups excluding carboxylic acids is 2. The van der Waals surface area contributed by atoms with Crippen molar-refractivity contribution in [2.24, 2.45) is 0 Å². The fourth-order valence-electron chi connectivity index (χ4n) is 1.99. The van der Waals surface area contributed by atoms with Crippen LogP contribution < -0.4 is 5.32 Å². The van der Waals surface area contributed by atoms with E-state index in [4.69, 9.17) is 0 Å². The molecule has 0 aromatic heterocycles. The maximum Gasteiger partial charge on any atom is 0.260 e. The molecule has 1 aliphatic heterocycles. The van der Waals surface area contributed by atoms with Crippen LogP contribution in [0.25, 0.3) is 0 Å². The highest BCUT2D eigenvalue weighted by Gasteiger charge is 2.34. The number of fused-ring (bicyclic) bond motifs is 1. The summed E-state index contributed by atoms with van der Waals surface area (Å²) in [4.78, 5) is 23.7. The van der Waals surface area contributed by atoms with E-state index in [-0.39, 0.29) is 11.8 Å². The second kappa shape index (κ2) is 5.43. The summed E-state index contributed by atoms with van der Waals surface area (Å²) in [6, 6.07) is 0. The monoisotopic (exact) mass is 437 g/mol. The Kier molecular flexibility index (Phi) is 4.29. The summed E-state index contributed by atoms with van der Waals surface area (Å²) in [7, 11) is 0. The highest BCUT2D eigenvalue weighted by Crippen LogP contribution is 2.41. The maximum absolute atomic E-state index is 11.9. The smallest absolute Gasteiger partial charge is 0.260 e. The van der Waals surface area contributed by atoms with E-state index >= 15 is 0 Å². The highest BCUT2D eigenvalue weighted by atomic mass is 79.9. The van der Waals surface area contributed by atoms with E-state index in [1.165, 1.54) is 0 Å². The van der Waals surface area contributed by atoms with Crippen molar-refractivity contribution in [1.29, 1.82) is 0 Å². The lowest BCUT2D eigenvalue weighted by molar-refractivity contribution is 0.0879. The number of unbranched alkanes of at least 4 members (excludes halogenated alkanes) is 1. The molecule has 0 atom stereocenters. The van der Waals surface area contributed by atoms with Crippen LogP contribution in [0.1, 0.15) is 46.0 Å². The Hall–Kier alpha value is -0.200. The molecule has 0 fully saturated rings. The van der Waals surface area contributed by atoms with Crippen LogP contribution in [0.4, 0.5) is 0 Å². The molecule has 1 heterocycles. The molecule has 6 heteroatoms. The molecule has 18 heavy (non-hydrogen) atoms. The topological polar surface area (TPSA) is 46.2 Å². The number of nitrogens with one attached hydrogen (secondary N) is 1. The molecule has 0 unspecified atom stereocenters. The average Bonchev–Trinajstić information content (AvgIpc) is 2.62. The van der Waals surface area contributed by atoms with Gasteiger partial charge in [-0.05, 0) is 66.2 Å². The summed E-state index contributed by atoms with van der Waals surface area (Å²) in [5.74, 6) is -0.650. The van der Waals surface area contributed by atoms with Crippen molar-refractivity contribution in [3.63, 3.8) is 0 Å². The first-order valence-electron chi connectivity index (χ1n) is 5.54. The normalized spacial score (nSPS) is 13.8. The van der Waals surface area contributed by atoms with Gasteiger partial charge in [0.25, 0.3) is 11.8 Å². The number of halogens is 3. The summed E-state index contributed by atoms with van der Waals surface area (Å²) in [6.07, 6.45) is 2.77. The first kappa shape index (κ1) is 14.2. The van der Waals surface area contributed by atoms with Crippen molar-refractivity contribution in [2.75, 3.05) is 0 Å². The minimum absolute atomic E-state index is 0.310. The zero-order valence-corrected chi connectivity index (χ0v) is 14.3. The summed E-state index contributed by atoms with van der Waals surface area (Å²) < 4.78 is 2.23. The standard InChI is InChI=1S/C12H10Br3NO2/c1-2-3-4-5-6-7(12(18)16-11(6)17)9(14)10(15)8(5)13/h2-4H2,1H3,(H,16,17,18). The largest absolute Gasteiger partial charge is 0.288 e. The van der Waals surface area contributed by atoms with E-state index in [0.717, 1.165) is 33.8 Å². The number of hydrogen-bond donors (Lipinski definition) is 1. The molecule has 0 saturated heterocycles. The zero-order valence-electron chi connectivity index (χ0n) is 9.57. The fraction of sp³-hybridized carbons (Fsp3) is 0.333. The molecule has 1 aliphatic rings. The lowest BCUT2D eigenvalue weighted by Crippen LogP contribution is -2.20. The third-order valence-electron chi connectivity index (χ3n) is 2.88. The van der Waals surface area contributed by atoms with E-state index in [0.29, 0.717) is 15.6 Å². The Balaban J connectivity index is 2.70. The number of amides is 2. The van der Waals surface area contributed by atoms with Gasteiger partial charge >= 0.3 is 0 Å². The molecule has 0 saturated carbocycles. The number of rotatable bonds is 3. The van der Waals surface area contributed by atoms with Crippen molar-refractivity contribution >= 4 is 59.6 Å². The minimum atomic E-state index is -0.340. The molecule has 96 valence electrons. The maximum atomic E-state index is 11.9. The number of carbonyl (C=O) groups is 2. The summed E-state index contributed by atoms with van der Waals surface area (Å²) >= 11 is 10.3. The number of benzene rings is 1. The van der Waals surface area contributed by atoms with Crippen molar-refractivity contribution in [2.45, 2.75) is 26.2 Å². The van der Waals surface area contributed by atoms with Crippen molar-refractivity contribution in [3.05, 3.63) is 30.1 Å².